The van der Waals surface area contributed by atoms with E-state index in [1.807, 2.05) is 49.4 Å². The summed E-state index contributed by atoms with van der Waals surface area (Å²) in [6.07, 6.45) is -0.282. The summed E-state index contributed by atoms with van der Waals surface area (Å²) in [5.41, 5.74) is 2.64. The van der Waals surface area contributed by atoms with Crippen molar-refractivity contribution in [3.63, 3.8) is 0 Å². The van der Waals surface area contributed by atoms with Crippen LogP contribution in [0.25, 0.3) is 11.5 Å². The number of nitrogens with zero attached hydrogens (tertiary/aromatic N) is 4. The summed E-state index contributed by atoms with van der Waals surface area (Å²) in [5.74, 6) is 1.08. The van der Waals surface area contributed by atoms with Gasteiger partial charge in [0.15, 0.2) is 6.10 Å². The number of rotatable bonds is 5. The van der Waals surface area contributed by atoms with Gasteiger partial charge in [0.2, 0.25) is 17.7 Å². The Morgan fingerprint density at radius 1 is 1.03 bits per heavy atom. The number of anilines is 1. The summed E-state index contributed by atoms with van der Waals surface area (Å²) in [4.78, 5) is 29.6. The number of carbonyl (C=O) groups is 2. The Kier molecular flexibility index (Phi) is 6.27. The molecule has 0 unspecified atom stereocenters. The number of benzene rings is 2. The molecule has 0 saturated carbocycles. The van der Waals surface area contributed by atoms with Crippen molar-refractivity contribution in [2.24, 2.45) is 0 Å². The monoisotopic (exact) mass is 462 g/mol. The molecule has 1 saturated heterocycles. The fraction of sp³-hybridized carbons (Fsp3) is 0.360. The zero-order valence-electron chi connectivity index (χ0n) is 19.0. The van der Waals surface area contributed by atoms with Crippen LogP contribution in [-0.2, 0) is 20.7 Å². The van der Waals surface area contributed by atoms with Crippen molar-refractivity contribution in [2.45, 2.75) is 25.9 Å². The summed E-state index contributed by atoms with van der Waals surface area (Å²) in [7, 11) is 0. The number of aryl methyl sites for hydroxylation is 2. The maximum atomic E-state index is 13.2. The molecule has 9 nitrogen and oxygen atoms in total. The molecule has 2 amide bonds. The average molecular weight is 463 g/mol. The molecule has 0 spiro atoms. The van der Waals surface area contributed by atoms with Gasteiger partial charge in [-0.15, -0.1) is 10.2 Å². The van der Waals surface area contributed by atoms with Crippen LogP contribution in [0.2, 0.25) is 0 Å². The number of hydrogen-bond acceptors (Lipinski definition) is 7. The molecule has 34 heavy (non-hydrogen) atoms. The Morgan fingerprint density at radius 2 is 1.79 bits per heavy atom. The van der Waals surface area contributed by atoms with Gasteiger partial charge in [-0.25, -0.2) is 0 Å². The van der Waals surface area contributed by atoms with Gasteiger partial charge in [-0.05, 0) is 31.2 Å². The highest BCUT2D eigenvalue weighted by Gasteiger charge is 2.36. The highest BCUT2D eigenvalue weighted by atomic mass is 16.5. The van der Waals surface area contributed by atoms with Crippen molar-refractivity contribution in [1.82, 2.24) is 15.1 Å². The number of ether oxygens (including phenoxy) is 2. The molecule has 1 aromatic heterocycles. The van der Waals surface area contributed by atoms with E-state index in [9.17, 15) is 9.59 Å². The van der Waals surface area contributed by atoms with Gasteiger partial charge in [-0.2, -0.15) is 0 Å². The van der Waals surface area contributed by atoms with Crippen LogP contribution in [0.1, 0.15) is 17.9 Å². The number of fused-ring (bicyclic) bond motifs is 1. The Labute approximate surface area is 197 Å². The van der Waals surface area contributed by atoms with Gasteiger partial charge < -0.3 is 23.7 Å². The molecule has 0 bridgehead atoms. The SMILES string of the molecule is Cc1ccc(-c2nnc(CCC(=O)N3C[C@H](C(=O)N4CCOCC4)Oc4ccccc43)o2)cc1. The van der Waals surface area contributed by atoms with Crippen LogP contribution in [0.15, 0.2) is 52.9 Å². The van der Waals surface area contributed by atoms with Crippen LogP contribution in [-0.4, -0.2) is 65.9 Å². The standard InChI is InChI=1S/C25H26N4O5/c1-17-6-8-18(9-7-17)24-27-26-22(34-24)10-11-23(30)29-16-21(25(31)28-12-14-32-15-13-28)33-20-5-3-2-4-19(20)29/h2-9,21H,10-16H2,1H3/t21-/m1/s1. The second kappa shape index (κ2) is 9.64. The van der Waals surface area contributed by atoms with Gasteiger partial charge in [0.1, 0.15) is 5.75 Å². The summed E-state index contributed by atoms with van der Waals surface area (Å²) in [6, 6.07) is 15.1. The molecule has 5 rings (SSSR count). The molecule has 1 fully saturated rings. The lowest BCUT2D eigenvalue weighted by atomic mass is 10.1. The van der Waals surface area contributed by atoms with Crippen LogP contribution in [0.4, 0.5) is 5.69 Å². The second-order valence-corrected chi connectivity index (χ2v) is 8.38. The zero-order chi connectivity index (χ0) is 23.5. The molecule has 3 heterocycles. The molecule has 9 heteroatoms. The fourth-order valence-corrected chi connectivity index (χ4v) is 4.10. The topological polar surface area (TPSA) is 98.0 Å². The third-order valence-electron chi connectivity index (χ3n) is 5.99. The van der Waals surface area contributed by atoms with Crippen molar-refractivity contribution in [3.8, 4) is 17.2 Å². The van der Waals surface area contributed by atoms with Gasteiger partial charge in [0.25, 0.3) is 5.91 Å². The number of carbonyl (C=O) groups excluding carboxylic acids is 2. The highest BCUT2D eigenvalue weighted by Crippen LogP contribution is 2.34. The molecule has 0 aliphatic carbocycles. The van der Waals surface area contributed by atoms with Crippen molar-refractivity contribution in [3.05, 3.63) is 60.0 Å². The van der Waals surface area contributed by atoms with Crippen LogP contribution < -0.4 is 9.64 Å². The fourth-order valence-electron chi connectivity index (χ4n) is 4.10. The number of para-hydroxylation sites is 2. The number of morpholine rings is 1. The van der Waals surface area contributed by atoms with E-state index < -0.39 is 6.10 Å². The average Bonchev–Trinajstić information content (AvgIpc) is 3.36. The lowest BCUT2D eigenvalue weighted by molar-refractivity contribution is -0.142. The van der Waals surface area contributed by atoms with Gasteiger partial charge in [-0.1, -0.05) is 29.8 Å². The molecule has 2 aliphatic rings. The minimum Gasteiger partial charge on any atom is -0.476 e. The highest BCUT2D eigenvalue weighted by molar-refractivity contribution is 5.97. The van der Waals surface area contributed by atoms with Gasteiger partial charge >= 0.3 is 0 Å². The Balaban J connectivity index is 1.27. The summed E-state index contributed by atoms with van der Waals surface area (Å²) in [5, 5.41) is 8.20. The lowest BCUT2D eigenvalue weighted by Gasteiger charge is -2.37. The first-order valence-corrected chi connectivity index (χ1v) is 11.4. The minimum atomic E-state index is -0.756. The van der Waals surface area contributed by atoms with Crippen LogP contribution in [0, 0.1) is 6.92 Å². The third-order valence-corrected chi connectivity index (χ3v) is 5.99. The predicted octanol–water partition coefficient (Wildman–Crippen LogP) is 2.63. The van der Waals surface area contributed by atoms with E-state index >= 15 is 0 Å². The lowest BCUT2D eigenvalue weighted by Crippen LogP contribution is -2.54. The van der Waals surface area contributed by atoms with Crippen molar-refractivity contribution >= 4 is 17.5 Å². The number of hydrogen-bond donors (Lipinski definition) is 0. The van der Waals surface area contributed by atoms with Gasteiger partial charge in [0.05, 0.1) is 25.4 Å². The molecule has 2 aromatic carbocycles. The predicted molar refractivity (Wildman–Crippen MR) is 123 cm³/mol. The van der Waals surface area contributed by atoms with E-state index in [4.69, 9.17) is 13.9 Å². The van der Waals surface area contributed by atoms with Crippen molar-refractivity contribution < 1.29 is 23.5 Å². The first kappa shape index (κ1) is 22.1. The molecular weight excluding hydrogens is 436 g/mol. The summed E-state index contributed by atoms with van der Waals surface area (Å²) in [6.45, 7) is 4.23. The van der Waals surface area contributed by atoms with E-state index in [-0.39, 0.29) is 24.8 Å². The van der Waals surface area contributed by atoms with Crippen molar-refractivity contribution in [2.75, 3.05) is 37.7 Å². The molecular formula is C25H26N4O5. The van der Waals surface area contributed by atoms with E-state index in [1.165, 1.54) is 0 Å². The van der Waals surface area contributed by atoms with E-state index in [0.717, 1.165) is 11.1 Å². The molecule has 176 valence electrons. The second-order valence-electron chi connectivity index (χ2n) is 8.38. The Morgan fingerprint density at radius 3 is 2.59 bits per heavy atom. The maximum Gasteiger partial charge on any atom is 0.265 e. The van der Waals surface area contributed by atoms with E-state index in [0.29, 0.717) is 55.9 Å². The first-order chi connectivity index (χ1) is 16.6. The van der Waals surface area contributed by atoms with Crippen LogP contribution >= 0.6 is 0 Å². The van der Waals surface area contributed by atoms with E-state index in [1.54, 1.807) is 15.9 Å². The minimum absolute atomic E-state index is 0.129. The maximum absolute atomic E-state index is 13.2. The van der Waals surface area contributed by atoms with E-state index in [2.05, 4.69) is 10.2 Å². The molecule has 3 aromatic rings. The largest absolute Gasteiger partial charge is 0.476 e. The normalized spacial score (nSPS) is 17.7. The van der Waals surface area contributed by atoms with Crippen LogP contribution in [0.3, 0.4) is 0 Å². The molecule has 0 N–H and O–H groups in total. The third kappa shape index (κ3) is 4.65. The number of amides is 2. The molecule has 2 aliphatic heterocycles. The Bertz CT molecular complexity index is 1170. The Hall–Kier alpha value is -3.72. The quantitative estimate of drug-likeness (QED) is 0.575. The van der Waals surface area contributed by atoms with Gasteiger partial charge in [0, 0.05) is 31.5 Å². The summed E-state index contributed by atoms with van der Waals surface area (Å²) >= 11 is 0. The van der Waals surface area contributed by atoms with Crippen molar-refractivity contribution in [1.29, 1.82) is 0 Å². The zero-order valence-corrected chi connectivity index (χ0v) is 19.0. The van der Waals surface area contributed by atoms with Gasteiger partial charge in [-0.3, -0.25) is 9.59 Å². The smallest absolute Gasteiger partial charge is 0.265 e. The molecule has 1 atom stereocenters. The summed E-state index contributed by atoms with van der Waals surface area (Å²) < 4.78 is 17.1. The van der Waals surface area contributed by atoms with Crippen LogP contribution in [0.5, 0.6) is 5.75 Å². The number of aromatic nitrogens is 2. The first-order valence-electron chi connectivity index (χ1n) is 11.4. The molecule has 0 radical (unpaired) electrons.